The minimum atomic E-state index is -0.630. The molecule has 0 unspecified atom stereocenters. The van der Waals surface area contributed by atoms with E-state index in [1.165, 1.54) is 11.3 Å². The largest absolute Gasteiger partial charge is 0.325 e. The van der Waals surface area contributed by atoms with Crippen molar-refractivity contribution in [2.24, 2.45) is 0 Å². The number of carbonyl (C=O) groups is 2. The van der Waals surface area contributed by atoms with E-state index in [1.54, 1.807) is 0 Å². The number of hydrogen-bond donors (Lipinski definition) is 1. The number of imide groups is 1. The zero-order valence-electron chi connectivity index (χ0n) is 10.8. The molecule has 2 rings (SSSR count). The van der Waals surface area contributed by atoms with Crippen LogP contribution < -0.4 is 5.32 Å². The van der Waals surface area contributed by atoms with E-state index in [1.807, 2.05) is 13.8 Å². The first-order valence-corrected chi connectivity index (χ1v) is 6.80. The summed E-state index contributed by atoms with van der Waals surface area (Å²) in [4.78, 5) is 26.0. The van der Waals surface area contributed by atoms with Gasteiger partial charge in [-0.25, -0.2) is 4.79 Å². The minimum absolute atomic E-state index is 0.000556. The van der Waals surface area contributed by atoms with Crippen LogP contribution in [0.15, 0.2) is 0 Å². The number of carbonyl (C=O) groups excluding carboxylic acids is 2. The number of rotatable bonds is 3. The molecule has 0 aromatic carbocycles. The van der Waals surface area contributed by atoms with Gasteiger partial charge in [0.15, 0.2) is 0 Å². The fourth-order valence-corrected chi connectivity index (χ4v) is 3.04. The first-order chi connectivity index (χ1) is 8.14. The summed E-state index contributed by atoms with van der Waals surface area (Å²) in [6.07, 6.45) is 6.80. The Hall–Kier alpha value is -1.06. The average Bonchev–Trinajstić information content (AvgIpc) is 2.62. The summed E-state index contributed by atoms with van der Waals surface area (Å²) < 4.78 is 0. The van der Waals surface area contributed by atoms with Crippen LogP contribution >= 0.6 is 0 Å². The molecule has 0 atom stereocenters. The van der Waals surface area contributed by atoms with Gasteiger partial charge in [0.05, 0.1) is 0 Å². The smallest absolute Gasteiger partial charge is 0.323 e. The quantitative estimate of drug-likeness (QED) is 0.768. The third-order valence-electron chi connectivity index (χ3n) is 4.34. The number of amides is 3. The van der Waals surface area contributed by atoms with Crippen LogP contribution in [0.25, 0.3) is 0 Å². The number of nitrogens with one attached hydrogen (secondary N) is 1. The van der Waals surface area contributed by atoms with Gasteiger partial charge in [-0.05, 0) is 25.7 Å². The molecular weight excluding hydrogens is 216 g/mol. The highest BCUT2D eigenvalue weighted by atomic mass is 16.2. The normalized spacial score (nSPS) is 25.2. The van der Waals surface area contributed by atoms with E-state index in [0.717, 1.165) is 25.7 Å². The van der Waals surface area contributed by atoms with Gasteiger partial charge in [0.1, 0.15) is 5.54 Å². The lowest BCUT2D eigenvalue weighted by Gasteiger charge is -2.30. The highest BCUT2D eigenvalue weighted by molar-refractivity contribution is 6.07. The third kappa shape index (κ3) is 1.94. The maximum absolute atomic E-state index is 12.4. The average molecular weight is 238 g/mol. The molecule has 3 amide bonds. The summed E-state index contributed by atoms with van der Waals surface area (Å²) in [5.41, 5.74) is -0.630. The van der Waals surface area contributed by atoms with Crippen LogP contribution in [-0.2, 0) is 4.79 Å². The predicted molar refractivity (Wildman–Crippen MR) is 65.6 cm³/mol. The van der Waals surface area contributed by atoms with E-state index >= 15 is 0 Å². The molecule has 1 aliphatic heterocycles. The van der Waals surface area contributed by atoms with Crippen molar-refractivity contribution in [1.29, 1.82) is 0 Å². The van der Waals surface area contributed by atoms with E-state index in [0.29, 0.717) is 12.8 Å². The monoisotopic (exact) mass is 238 g/mol. The van der Waals surface area contributed by atoms with Gasteiger partial charge in [-0.15, -0.1) is 0 Å². The van der Waals surface area contributed by atoms with Crippen molar-refractivity contribution in [2.75, 3.05) is 0 Å². The van der Waals surface area contributed by atoms with Crippen LogP contribution in [0.4, 0.5) is 4.79 Å². The summed E-state index contributed by atoms with van der Waals surface area (Å²) in [7, 11) is 0. The summed E-state index contributed by atoms with van der Waals surface area (Å²) in [6.45, 7) is 3.93. The fraction of sp³-hybridized carbons (Fsp3) is 0.846. The molecule has 1 saturated carbocycles. The van der Waals surface area contributed by atoms with Crippen LogP contribution in [0.5, 0.6) is 0 Å². The van der Waals surface area contributed by atoms with Crippen LogP contribution in [-0.4, -0.2) is 28.4 Å². The molecule has 17 heavy (non-hydrogen) atoms. The molecule has 4 heteroatoms. The predicted octanol–water partition coefficient (Wildman–Crippen LogP) is 2.43. The molecular formula is C13H22N2O2. The lowest BCUT2D eigenvalue weighted by Crippen LogP contribution is -2.47. The van der Waals surface area contributed by atoms with Gasteiger partial charge in [-0.2, -0.15) is 0 Å². The Morgan fingerprint density at radius 3 is 2.24 bits per heavy atom. The topological polar surface area (TPSA) is 49.4 Å². The van der Waals surface area contributed by atoms with Crippen molar-refractivity contribution >= 4 is 11.9 Å². The maximum Gasteiger partial charge on any atom is 0.325 e. The summed E-state index contributed by atoms with van der Waals surface area (Å²) in [6, 6.07) is -0.0400. The molecule has 1 heterocycles. The van der Waals surface area contributed by atoms with Crippen molar-refractivity contribution in [1.82, 2.24) is 10.2 Å². The van der Waals surface area contributed by atoms with E-state index in [4.69, 9.17) is 0 Å². The number of urea groups is 1. The first-order valence-electron chi connectivity index (χ1n) is 6.80. The van der Waals surface area contributed by atoms with Crippen LogP contribution in [0, 0.1) is 0 Å². The Kier molecular flexibility index (Phi) is 3.40. The lowest BCUT2D eigenvalue weighted by molar-refractivity contribution is -0.133. The minimum Gasteiger partial charge on any atom is -0.323 e. The molecule has 96 valence electrons. The summed E-state index contributed by atoms with van der Waals surface area (Å²) in [5.74, 6) is -0.000556. The van der Waals surface area contributed by atoms with Crippen molar-refractivity contribution < 1.29 is 9.59 Å². The molecule has 1 saturated heterocycles. The second-order valence-electron chi connectivity index (χ2n) is 5.19. The van der Waals surface area contributed by atoms with Gasteiger partial charge in [0.2, 0.25) is 0 Å². The molecule has 4 nitrogen and oxygen atoms in total. The third-order valence-corrected chi connectivity index (χ3v) is 4.34. The van der Waals surface area contributed by atoms with Gasteiger partial charge in [-0.3, -0.25) is 9.69 Å². The molecule has 0 spiro atoms. The highest BCUT2D eigenvalue weighted by Gasteiger charge is 2.50. The van der Waals surface area contributed by atoms with Crippen molar-refractivity contribution in [3.63, 3.8) is 0 Å². The van der Waals surface area contributed by atoms with E-state index in [-0.39, 0.29) is 18.0 Å². The molecule has 2 fully saturated rings. The SMILES string of the molecule is CCC1(CC)NC(=O)N(C2CCCCC2)C1=O. The molecule has 2 aliphatic rings. The van der Waals surface area contributed by atoms with Gasteiger partial charge >= 0.3 is 6.03 Å². The number of nitrogens with zero attached hydrogens (tertiary/aromatic N) is 1. The molecule has 1 N–H and O–H groups in total. The van der Waals surface area contributed by atoms with Crippen LogP contribution in [0.3, 0.4) is 0 Å². The molecule has 0 aromatic heterocycles. The van der Waals surface area contributed by atoms with Crippen LogP contribution in [0.2, 0.25) is 0 Å². The standard InChI is InChI=1S/C13H22N2O2/c1-3-13(4-2)11(16)15(12(17)14-13)10-8-6-5-7-9-10/h10H,3-9H2,1-2H3,(H,14,17). The molecule has 0 bridgehead atoms. The van der Waals surface area contributed by atoms with Crippen LogP contribution in [0.1, 0.15) is 58.8 Å². The fourth-order valence-electron chi connectivity index (χ4n) is 3.04. The molecule has 0 aromatic rings. The second kappa shape index (κ2) is 4.67. The lowest BCUT2D eigenvalue weighted by atomic mass is 9.90. The zero-order valence-corrected chi connectivity index (χ0v) is 10.8. The van der Waals surface area contributed by atoms with Gasteiger partial charge < -0.3 is 5.32 Å². The van der Waals surface area contributed by atoms with Crippen molar-refractivity contribution in [3.8, 4) is 0 Å². The zero-order chi connectivity index (χ0) is 12.5. The van der Waals surface area contributed by atoms with Gasteiger partial charge in [0.25, 0.3) is 5.91 Å². The van der Waals surface area contributed by atoms with Gasteiger partial charge in [-0.1, -0.05) is 33.1 Å². The van der Waals surface area contributed by atoms with Gasteiger partial charge in [0, 0.05) is 6.04 Å². The Balaban J connectivity index is 2.18. The van der Waals surface area contributed by atoms with E-state index in [2.05, 4.69) is 5.32 Å². The summed E-state index contributed by atoms with van der Waals surface area (Å²) in [5, 5.41) is 2.90. The Labute approximate surface area is 103 Å². The highest BCUT2D eigenvalue weighted by Crippen LogP contribution is 2.31. The Bertz CT molecular complexity index is 317. The van der Waals surface area contributed by atoms with E-state index in [9.17, 15) is 9.59 Å². The Morgan fingerprint density at radius 2 is 1.76 bits per heavy atom. The number of hydrogen-bond acceptors (Lipinski definition) is 2. The Morgan fingerprint density at radius 1 is 1.18 bits per heavy atom. The summed E-state index contributed by atoms with van der Waals surface area (Å²) >= 11 is 0. The second-order valence-corrected chi connectivity index (χ2v) is 5.19. The van der Waals surface area contributed by atoms with Crippen molar-refractivity contribution in [2.45, 2.75) is 70.4 Å². The first kappa shape index (κ1) is 12.4. The van der Waals surface area contributed by atoms with Crippen molar-refractivity contribution in [3.05, 3.63) is 0 Å². The molecule has 1 aliphatic carbocycles. The van der Waals surface area contributed by atoms with E-state index < -0.39 is 5.54 Å². The maximum atomic E-state index is 12.4. The molecule has 0 radical (unpaired) electrons.